The topological polar surface area (TPSA) is 62.4 Å². The predicted octanol–water partition coefficient (Wildman–Crippen LogP) is 5.09. The number of nitrogens with zero attached hydrogens (tertiary/aromatic N) is 1. The zero-order chi connectivity index (χ0) is 21.0. The molecule has 0 saturated heterocycles. The molecule has 0 unspecified atom stereocenters. The van der Waals surface area contributed by atoms with E-state index in [1.807, 2.05) is 49.9 Å². The van der Waals surface area contributed by atoms with Gasteiger partial charge in [0, 0.05) is 23.8 Å². The maximum absolute atomic E-state index is 13.5. The highest BCUT2D eigenvalue weighted by Crippen LogP contribution is 2.28. The number of hydrogen-bond acceptors (Lipinski definition) is 3. The first-order valence-electron chi connectivity index (χ1n) is 10.6. The van der Waals surface area contributed by atoms with Crippen molar-refractivity contribution in [2.75, 3.05) is 6.61 Å². The average molecular weight is 397 g/mol. The van der Waals surface area contributed by atoms with Gasteiger partial charge in [0.15, 0.2) is 0 Å². The summed E-state index contributed by atoms with van der Waals surface area (Å²) < 4.78 is 5.18. The molecule has 0 radical (unpaired) electrons. The van der Waals surface area contributed by atoms with Gasteiger partial charge in [-0.05, 0) is 63.8 Å². The second-order valence-corrected chi connectivity index (χ2v) is 8.04. The molecule has 2 aromatic rings. The lowest BCUT2D eigenvalue weighted by Gasteiger charge is -2.35. The van der Waals surface area contributed by atoms with Crippen LogP contribution in [0.5, 0.6) is 0 Å². The largest absolute Gasteiger partial charge is 0.461 e. The Balaban J connectivity index is 1.93. The number of carbonyl (C=O) groups excluding carboxylic acids is 2. The van der Waals surface area contributed by atoms with E-state index < -0.39 is 0 Å². The van der Waals surface area contributed by atoms with Crippen LogP contribution in [0.25, 0.3) is 0 Å². The number of aromatic nitrogens is 1. The van der Waals surface area contributed by atoms with Gasteiger partial charge in [0.2, 0.25) is 0 Å². The maximum atomic E-state index is 13.5. The molecule has 0 spiro atoms. The van der Waals surface area contributed by atoms with Crippen molar-refractivity contribution in [3.05, 3.63) is 57.9 Å². The lowest BCUT2D eigenvalue weighted by Crippen LogP contribution is -2.41. The lowest BCUT2D eigenvalue weighted by atomic mass is 9.93. The zero-order valence-corrected chi connectivity index (χ0v) is 18.0. The number of amides is 1. The van der Waals surface area contributed by atoms with Gasteiger partial charge in [0.25, 0.3) is 5.91 Å². The normalized spacial score (nSPS) is 14.6. The molecule has 1 fully saturated rings. The zero-order valence-electron chi connectivity index (χ0n) is 18.0. The van der Waals surface area contributed by atoms with E-state index in [0.29, 0.717) is 18.8 Å². The van der Waals surface area contributed by atoms with Crippen LogP contribution in [0.15, 0.2) is 24.3 Å². The molecule has 1 aromatic carbocycles. The minimum absolute atomic E-state index is 0.0679. The molecule has 1 N–H and O–H groups in total. The standard InChI is InChI=1S/C24H32N2O3/c1-5-29-24(28)22-17(3)21(18(4)25-22)15-26(20-12-7-6-8-13-20)23(27)19-11-9-10-16(2)14-19/h9-11,14,20,25H,5-8,12-13,15H2,1-4H3. The van der Waals surface area contributed by atoms with E-state index in [1.54, 1.807) is 6.92 Å². The van der Waals surface area contributed by atoms with Crippen molar-refractivity contribution in [1.82, 2.24) is 9.88 Å². The summed E-state index contributed by atoms with van der Waals surface area (Å²) in [5.41, 5.74) is 5.11. The van der Waals surface area contributed by atoms with Crippen LogP contribution in [0.4, 0.5) is 0 Å². The first kappa shape index (κ1) is 21.2. The quantitative estimate of drug-likeness (QED) is 0.692. The number of hydrogen-bond donors (Lipinski definition) is 1. The molecule has 1 aliphatic carbocycles. The molecule has 1 amide bonds. The summed E-state index contributed by atoms with van der Waals surface area (Å²) in [5, 5.41) is 0. The van der Waals surface area contributed by atoms with Gasteiger partial charge >= 0.3 is 5.97 Å². The fourth-order valence-electron chi connectivity index (χ4n) is 4.31. The molecule has 1 saturated carbocycles. The molecule has 1 aliphatic rings. The highest BCUT2D eigenvalue weighted by Gasteiger charge is 2.29. The van der Waals surface area contributed by atoms with Crippen molar-refractivity contribution in [2.45, 2.75) is 72.4 Å². The molecule has 156 valence electrons. The molecule has 0 bridgehead atoms. The average Bonchev–Trinajstić information content (AvgIpc) is 3.00. The molecule has 3 rings (SSSR count). The summed E-state index contributed by atoms with van der Waals surface area (Å²) in [6.07, 6.45) is 5.61. The van der Waals surface area contributed by atoms with Crippen molar-refractivity contribution in [1.29, 1.82) is 0 Å². The monoisotopic (exact) mass is 396 g/mol. The number of esters is 1. The predicted molar refractivity (Wildman–Crippen MR) is 114 cm³/mol. The number of H-pyrrole nitrogens is 1. The number of rotatable bonds is 6. The minimum Gasteiger partial charge on any atom is -0.461 e. The van der Waals surface area contributed by atoms with E-state index >= 15 is 0 Å². The number of nitrogens with one attached hydrogen (secondary N) is 1. The summed E-state index contributed by atoms with van der Waals surface area (Å²) in [6.45, 7) is 8.54. The highest BCUT2D eigenvalue weighted by molar-refractivity contribution is 5.95. The second-order valence-electron chi connectivity index (χ2n) is 8.04. The Morgan fingerprint density at radius 1 is 1.14 bits per heavy atom. The van der Waals surface area contributed by atoms with Crippen LogP contribution >= 0.6 is 0 Å². The fourth-order valence-corrected chi connectivity index (χ4v) is 4.31. The van der Waals surface area contributed by atoms with Crippen LogP contribution < -0.4 is 0 Å². The van der Waals surface area contributed by atoms with E-state index in [2.05, 4.69) is 4.98 Å². The summed E-state index contributed by atoms with van der Waals surface area (Å²) >= 11 is 0. The van der Waals surface area contributed by atoms with E-state index in [9.17, 15) is 9.59 Å². The second kappa shape index (κ2) is 9.29. The van der Waals surface area contributed by atoms with Crippen LogP contribution in [-0.2, 0) is 11.3 Å². The van der Waals surface area contributed by atoms with Crippen molar-refractivity contribution in [2.24, 2.45) is 0 Å². The Hall–Kier alpha value is -2.56. The smallest absolute Gasteiger partial charge is 0.355 e. The molecule has 29 heavy (non-hydrogen) atoms. The number of carbonyl (C=O) groups is 2. The van der Waals surface area contributed by atoms with Crippen molar-refractivity contribution < 1.29 is 14.3 Å². The molecule has 0 atom stereocenters. The third-order valence-corrected chi connectivity index (χ3v) is 5.94. The van der Waals surface area contributed by atoms with Crippen molar-refractivity contribution >= 4 is 11.9 Å². The van der Waals surface area contributed by atoms with Gasteiger partial charge in [-0.3, -0.25) is 4.79 Å². The van der Waals surface area contributed by atoms with E-state index in [1.165, 1.54) is 6.42 Å². The molecular weight excluding hydrogens is 364 g/mol. The van der Waals surface area contributed by atoms with Gasteiger partial charge in [-0.15, -0.1) is 0 Å². The SMILES string of the molecule is CCOC(=O)c1[nH]c(C)c(CN(C(=O)c2cccc(C)c2)C2CCCCC2)c1C. The maximum Gasteiger partial charge on any atom is 0.355 e. The van der Waals surface area contributed by atoms with Gasteiger partial charge in [0.1, 0.15) is 5.69 Å². The summed E-state index contributed by atoms with van der Waals surface area (Å²) in [7, 11) is 0. The number of ether oxygens (including phenoxy) is 1. The summed E-state index contributed by atoms with van der Waals surface area (Å²) in [6, 6.07) is 8.03. The van der Waals surface area contributed by atoms with Crippen LogP contribution in [-0.4, -0.2) is 34.4 Å². The van der Waals surface area contributed by atoms with Crippen molar-refractivity contribution in [3.8, 4) is 0 Å². The summed E-state index contributed by atoms with van der Waals surface area (Å²) in [5.74, 6) is -0.271. The molecule has 1 aromatic heterocycles. The third-order valence-electron chi connectivity index (χ3n) is 5.94. The van der Waals surface area contributed by atoms with Gasteiger partial charge in [-0.25, -0.2) is 4.79 Å². The molecule has 5 heteroatoms. The van der Waals surface area contributed by atoms with Gasteiger partial charge in [-0.2, -0.15) is 0 Å². The molecule has 5 nitrogen and oxygen atoms in total. The lowest BCUT2D eigenvalue weighted by molar-refractivity contribution is 0.0519. The number of benzene rings is 1. The Morgan fingerprint density at radius 2 is 1.86 bits per heavy atom. The Bertz CT molecular complexity index is 878. The van der Waals surface area contributed by atoms with Crippen molar-refractivity contribution in [3.63, 3.8) is 0 Å². The highest BCUT2D eigenvalue weighted by atomic mass is 16.5. The third kappa shape index (κ3) is 4.72. The molecule has 1 heterocycles. The van der Waals surface area contributed by atoms with Crippen LogP contribution in [0.3, 0.4) is 0 Å². The van der Waals surface area contributed by atoms with Gasteiger partial charge in [-0.1, -0.05) is 37.0 Å². The van der Waals surface area contributed by atoms with Crippen LogP contribution in [0.1, 0.15) is 82.3 Å². The van der Waals surface area contributed by atoms with Crippen LogP contribution in [0.2, 0.25) is 0 Å². The Morgan fingerprint density at radius 3 is 2.52 bits per heavy atom. The Kier molecular flexibility index (Phi) is 6.78. The fraction of sp³-hybridized carbons (Fsp3) is 0.500. The minimum atomic E-state index is -0.339. The molecule has 0 aliphatic heterocycles. The van der Waals surface area contributed by atoms with E-state index in [-0.39, 0.29) is 17.9 Å². The van der Waals surface area contributed by atoms with Gasteiger partial charge in [0.05, 0.1) is 6.61 Å². The first-order valence-corrected chi connectivity index (χ1v) is 10.6. The number of aromatic amines is 1. The Labute approximate surface area is 173 Å². The first-order chi connectivity index (χ1) is 13.9. The summed E-state index contributed by atoms with van der Waals surface area (Å²) in [4.78, 5) is 31.0. The van der Waals surface area contributed by atoms with Crippen LogP contribution in [0, 0.1) is 20.8 Å². The molecular formula is C24H32N2O3. The van der Waals surface area contributed by atoms with E-state index in [0.717, 1.165) is 53.6 Å². The van der Waals surface area contributed by atoms with Gasteiger partial charge < -0.3 is 14.6 Å². The number of aryl methyl sites for hydroxylation is 2. The van der Waals surface area contributed by atoms with E-state index in [4.69, 9.17) is 4.74 Å².